The lowest BCUT2D eigenvalue weighted by molar-refractivity contribution is -0.119. The van der Waals surface area contributed by atoms with E-state index in [4.69, 9.17) is 0 Å². The third-order valence-corrected chi connectivity index (χ3v) is 1.27. The van der Waals surface area contributed by atoms with Gasteiger partial charge in [-0.3, -0.25) is 4.79 Å². The van der Waals surface area contributed by atoms with Crippen LogP contribution in [0.15, 0.2) is 0 Å². The van der Waals surface area contributed by atoms with E-state index >= 15 is 0 Å². The van der Waals surface area contributed by atoms with Gasteiger partial charge in [0.25, 0.3) is 0 Å². The van der Waals surface area contributed by atoms with Crippen LogP contribution in [0.2, 0.25) is 5.82 Å². The Morgan fingerprint density at radius 3 is 2.10 bits per heavy atom. The second-order valence-electron chi connectivity index (χ2n) is 3.73. The third kappa shape index (κ3) is 5.86. The molecule has 1 nitrogen and oxygen atoms in total. The number of carbonyl (C=O) groups is 1. The molecule has 0 saturated carbocycles. The Bertz CT molecular complexity index is 95.8. The molecule has 0 aromatic heterocycles. The standard InChI is InChI=1S/C8H17BO/c1-6(2)4-8(10)5-7(3)9/h6-7H,4-5,9H2,1-3H3. The van der Waals surface area contributed by atoms with E-state index in [1.54, 1.807) is 0 Å². The van der Waals surface area contributed by atoms with Crippen LogP contribution in [-0.4, -0.2) is 13.6 Å². The molecular formula is C8H17BO. The first-order chi connectivity index (χ1) is 4.52. The molecule has 0 heterocycles. The van der Waals surface area contributed by atoms with Gasteiger partial charge in [-0.1, -0.05) is 26.6 Å². The van der Waals surface area contributed by atoms with Crippen molar-refractivity contribution in [3.63, 3.8) is 0 Å². The fourth-order valence-electron chi connectivity index (χ4n) is 0.994. The molecule has 0 aliphatic rings. The van der Waals surface area contributed by atoms with Crippen LogP contribution >= 0.6 is 0 Å². The van der Waals surface area contributed by atoms with Crippen molar-refractivity contribution >= 4 is 13.6 Å². The van der Waals surface area contributed by atoms with Crippen LogP contribution in [0.4, 0.5) is 0 Å². The molecule has 0 aliphatic heterocycles. The Kier molecular flexibility index (Phi) is 4.41. The first kappa shape index (κ1) is 9.73. The van der Waals surface area contributed by atoms with E-state index in [1.165, 1.54) is 0 Å². The Morgan fingerprint density at radius 1 is 1.30 bits per heavy atom. The van der Waals surface area contributed by atoms with Crippen molar-refractivity contribution in [1.82, 2.24) is 0 Å². The van der Waals surface area contributed by atoms with Gasteiger partial charge >= 0.3 is 0 Å². The molecule has 0 bridgehead atoms. The highest BCUT2D eigenvalue weighted by atomic mass is 16.1. The van der Waals surface area contributed by atoms with Gasteiger partial charge < -0.3 is 0 Å². The van der Waals surface area contributed by atoms with Crippen LogP contribution in [0.3, 0.4) is 0 Å². The van der Waals surface area contributed by atoms with E-state index in [-0.39, 0.29) is 0 Å². The lowest BCUT2D eigenvalue weighted by atomic mass is 9.84. The summed E-state index contributed by atoms with van der Waals surface area (Å²) in [6.07, 6.45) is 1.50. The molecule has 58 valence electrons. The SMILES string of the molecule is BC(C)CC(=O)CC(C)C. The molecule has 1 atom stereocenters. The van der Waals surface area contributed by atoms with Gasteiger partial charge in [0, 0.05) is 12.8 Å². The zero-order chi connectivity index (χ0) is 8.15. The monoisotopic (exact) mass is 140 g/mol. The van der Waals surface area contributed by atoms with E-state index < -0.39 is 0 Å². The van der Waals surface area contributed by atoms with Gasteiger partial charge in [0.05, 0.1) is 0 Å². The van der Waals surface area contributed by atoms with Crippen molar-refractivity contribution in [1.29, 1.82) is 0 Å². The number of hydrogen-bond donors (Lipinski definition) is 0. The Labute approximate surface area is 64.6 Å². The minimum absolute atomic E-state index is 0.407. The Hall–Kier alpha value is -0.265. The van der Waals surface area contributed by atoms with Gasteiger partial charge in [-0.25, -0.2) is 0 Å². The van der Waals surface area contributed by atoms with Crippen LogP contribution in [-0.2, 0) is 4.79 Å². The summed E-state index contributed by atoms with van der Waals surface area (Å²) in [7, 11) is 2.08. The Morgan fingerprint density at radius 2 is 1.80 bits per heavy atom. The predicted molar refractivity (Wildman–Crippen MR) is 47.0 cm³/mol. The minimum atomic E-state index is 0.407. The molecule has 0 amide bonds. The van der Waals surface area contributed by atoms with Gasteiger partial charge in [-0.15, -0.1) is 0 Å². The summed E-state index contributed by atoms with van der Waals surface area (Å²) in [6.45, 7) is 6.24. The van der Waals surface area contributed by atoms with Gasteiger partial charge in [0.1, 0.15) is 13.6 Å². The van der Waals surface area contributed by atoms with Gasteiger partial charge in [0.15, 0.2) is 0 Å². The summed E-state index contributed by atoms with van der Waals surface area (Å²) >= 11 is 0. The molecule has 10 heavy (non-hydrogen) atoms. The summed E-state index contributed by atoms with van der Waals surface area (Å²) in [5.74, 6) is 1.45. The number of hydrogen-bond acceptors (Lipinski definition) is 1. The molecule has 0 saturated heterocycles. The predicted octanol–water partition coefficient (Wildman–Crippen LogP) is 1.43. The molecule has 0 aromatic carbocycles. The summed E-state index contributed by atoms with van der Waals surface area (Å²) < 4.78 is 0. The number of rotatable bonds is 4. The highest BCUT2D eigenvalue weighted by Gasteiger charge is 2.06. The maximum atomic E-state index is 11.1. The normalized spacial score (nSPS) is 13.6. The number of carbonyl (C=O) groups excluding carboxylic acids is 1. The molecule has 2 heteroatoms. The molecule has 1 unspecified atom stereocenters. The van der Waals surface area contributed by atoms with Crippen molar-refractivity contribution < 1.29 is 4.79 Å². The minimum Gasteiger partial charge on any atom is -0.300 e. The van der Waals surface area contributed by atoms with Crippen molar-refractivity contribution in [2.75, 3.05) is 0 Å². The largest absolute Gasteiger partial charge is 0.300 e. The average Bonchev–Trinajstić information content (AvgIpc) is 1.58. The summed E-state index contributed by atoms with van der Waals surface area (Å²) in [5, 5.41) is 0. The lowest BCUT2D eigenvalue weighted by Gasteiger charge is -2.05. The molecule has 0 rings (SSSR count). The molecule has 0 aromatic rings. The second-order valence-corrected chi connectivity index (χ2v) is 3.73. The second kappa shape index (κ2) is 4.53. The van der Waals surface area contributed by atoms with Gasteiger partial charge in [0.2, 0.25) is 0 Å². The fraction of sp³-hybridized carbons (Fsp3) is 0.875. The van der Waals surface area contributed by atoms with Gasteiger partial charge in [-0.2, -0.15) is 0 Å². The van der Waals surface area contributed by atoms with Gasteiger partial charge in [-0.05, 0) is 5.92 Å². The molecule has 0 N–H and O–H groups in total. The molecule has 0 radical (unpaired) electrons. The quantitative estimate of drug-likeness (QED) is 0.540. The third-order valence-electron chi connectivity index (χ3n) is 1.27. The summed E-state index contributed by atoms with van der Waals surface area (Å²) in [5.41, 5.74) is 0. The smallest absolute Gasteiger partial charge is 0.132 e. The van der Waals surface area contributed by atoms with Crippen LogP contribution in [0.1, 0.15) is 33.6 Å². The molecule has 0 aliphatic carbocycles. The van der Waals surface area contributed by atoms with Crippen molar-refractivity contribution in [2.24, 2.45) is 5.92 Å². The van der Waals surface area contributed by atoms with E-state index in [0.717, 1.165) is 12.8 Å². The first-order valence-corrected chi connectivity index (χ1v) is 4.04. The van der Waals surface area contributed by atoms with Crippen LogP contribution in [0.25, 0.3) is 0 Å². The van der Waals surface area contributed by atoms with Crippen molar-refractivity contribution in [2.45, 2.75) is 39.4 Å². The topological polar surface area (TPSA) is 17.1 Å². The van der Waals surface area contributed by atoms with Crippen LogP contribution in [0.5, 0.6) is 0 Å². The zero-order valence-electron chi connectivity index (χ0n) is 7.48. The summed E-state index contributed by atoms with van der Waals surface area (Å²) in [4.78, 5) is 11.1. The number of ketones is 1. The Balaban J connectivity index is 3.44. The van der Waals surface area contributed by atoms with E-state index in [1.807, 2.05) is 0 Å². The maximum absolute atomic E-state index is 11.1. The first-order valence-electron chi connectivity index (χ1n) is 4.04. The van der Waals surface area contributed by atoms with Crippen molar-refractivity contribution in [3.05, 3.63) is 0 Å². The maximum Gasteiger partial charge on any atom is 0.132 e. The van der Waals surface area contributed by atoms with E-state index in [9.17, 15) is 4.79 Å². The molecular weight excluding hydrogens is 123 g/mol. The van der Waals surface area contributed by atoms with E-state index in [2.05, 4.69) is 28.6 Å². The average molecular weight is 140 g/mol. The van der Waals surface area contributed by atoms with Crippen LogP contribution in [0, 0.1) is 5.92 Å². The van der Waals surface area contributed by atoms with Crippen molar-refractivity contribution in [3.8, 4) is 0 Å². The fourth-order valence-corrected chi connectivity index (χ4v) is 0.994. The summed E-state index contributed by atoms with van der Waals surface area (Å²) in [6, 6.07) is 0. The molecule has 0 fully saturated rings. The molecule has 0 spiro atoms. The number of Topliss-reactive ketones (excluding diaryl/α,β-unsaturated/α-hetero) is 1. The highest BCUT2D eigenvalue weighted by molar-refractivity contribution is 6.12. The zero-order valence-corrected chi connectivity index (χ0v) is 7.48. The lowest BCUT2D eigenvalue weighted by Crippen LogP contribution is -2.04. The highest BCUT2D eigenvalue weighted by Crippen LogP contribution is 2.09. The van der Waals surface area contributed by atoms with E-state index in [0.29, 0.717) is 17.5 Å². The van der Waals surface area contributed by atoms with Crippen LogP contribution < -0.4 is 0 Å².